The highest BCUT2D eigenvalue weighted by Gasteiger charge is 2.10. The second-order valence-corrected chi connectivity index (χ2v) is 5.93. The Morgan fingerprint density at radius 1 is 1.03 bits per heavy atom. The van der Waals surface area contributed by atoms with Gasteiger partial charge in [0.25, 0.3) is 0 Å². The van der Waals surface area contributed by atoms with E-state index in [1.807, 2.05) is 56.3 Å². The van der Waals surface area contributed by atoms with Gasteiger partial charge in [0.2, 0.25) is 0 Å². The molecule has 0 spiro atoms. The molecule has 29 heavy (non-hydrogen) atoms. The summed E-state index contributed by atoms with van der Waals surface area (Å²) in [5, 5.41) is 16.8. The molecule has 8 heteroatoms. The summed E-state index contributed by atoms with van der Waals surface area (Å²) in [5.41, 5.74) is 1.59. The molecule has 2 rings (SSSR count). The van der Waals surface area contributed by atoms with Crippen LogP contribution in [0.5, 0.6) is 17.2 Å². The minimum atomic E-state index is -0.712. The zero-order valence-electron chi connectivity index (χ0n) is 17.3. The van der Waals surface area contributed by atoms with Gasteiger partial charge in [-0.25, -0.2) is 4.99 Å². The quantitative estimate of drug-likeness (QED) is 0.268. The van der Waals surface area contributed by atoms with Gasteiger partial charge in [0, 0.05) is 18.3 Å². The van der Waals surface area contributed by atoms with Crippen LogP contribution in [0.15, 0.2) is 47.5 Å². The van der Waals surface area contributed by atoms with Gasteiger partial charge in [-0.15, -0.1) is 24.0 Å². The monoisotopic (exact) mass is 515 g/mol. The van der Waals surface area contributed by atoms with Gasteiger partial charge >= 0.3 is 0 Å². The number of hydrogen-bond acceptors (Lipinski definition) is 5. The van der Waals surface area contributed by atoms with Gasteiger partial charge in [0.15, 0.2) is 17.5 Å². The number of nitrogens with zero attached hydrogens (tertiary/aromatic N) is 1. The number of rotatable bonds is 9. The van der Waals surface area contributed by atoms with E-state index in [0.717, 1.165) is 17.0 Å². The van der Waals surface area contributed by atoms with Crippen LogP contribution >= 0.6 is 24.0 Å². The Kier molecular flexibility index (Phi) is 11.2. The Balaban J connectivity index is 0.00000420. The first-order valence-corrected chi connectivity index (χ1v) is 9.29. The van der Waals surface area contributed by atoms with Crippen LogP contribution in [0.1, 0.15) is 25.5 Å². The average Bonchev–Trinajstić information content (AvgIpc) is 2.72. The minimum Gasteiger partial charge on any atom is -0.497 e. The molecular weight excluding hydrogens is 485 g/mol. The summed E-state index contributed by atoms with van der Waals surface area (Å²) in [6, 6.07) is 12.9. The summed E-state index contributed by atoms with van der Waals surface area (Å²) in [6.07, 6.45) is -0.712. The van der Waals surface area contributed by atoms with Crippen LogP contribution in [0.2, 0.25) is 0 Å². The molecule has 0 saturated carbocycles. The summed E-state index contributed by atoms with van der Waals surface area (Å²) in [4.78, 5) is 4.49. The first-order chi connectivity index (χ1) is 13.6. The van der Waals surface area contributed by atoms with Gasteiger partial charge in [-0.3, -0.25) is 0 Å². The molecule has 0 fully saturated rings. The van der Waals surface area contributed by atoms with Crippen molar-refractivity contribution in [1.82, 2.24) is 5.32 Å². The number of benzene rings is 2. The predicted molar refractivity (Wildman–Crippen MR) is 127 cm³/mol. The summed E-state index contributed by atoms with van der Waals surface area (Å²) in [7, 11) is 3.22. The Morgan fingerprint density at radius 2 is 1.76 bits per heavy atom. The Bertz CT molecular complexity index is 769. The summed E-state index contributed by atoms with van der Waals surface area (Å²) in [6.45, 7) is 5.36. The zero-order chi connectivity index (χ0) is 20.4. The SMILES string of the molecule is CCNC(=NCC(O)c1ccc(OC)cc1)Nc1ccc(OC)c(OCC)c1.I. The third-order valence-corrected chi connectivity index (χ3v) is 3.99. The number of guanidine groups is 1. The van der Waals surface area contributed by atoms with Gasteiger partial charge in [0.05, 0.1) is 33.5 Å². The first-order valence-electron chi connectivity index (χ1n) is 9.29. The lowest BCUT2D eigenvalue weighted by Gasteiger charge is -2.15. The van der Waals surface area contributed by atoms with Gasteiger partial charge in [-0.2, -0.15) is 0 Å². The second kappa shape index (κ2) is 13.1. The van der Waals surface area contributed by atoms with E-state index < -0.39 is 6.10 Å². The summed E-state index contributed by atoms with van der Waals surface area (Å²) < 4.78 is 16.1. The molecule has 0 radical (unpaired) electrons. The number of methoxy groups -OCH3 is 2. The average molecular weight is 515 g/mol. The van der Waals surface area contributed by atoms with E-state index in [1.165, 1.54) is 0 Å². The van der Waals surface area contributed by atoms with Crippen molar-refractivity contribution in [3.05, 3.63) is 48.0 Å². The van der Waals surface area contributed by atoms with E-state index in [1.54, 1.807) is 14.2 Å². The van der Waals surface area contributed by atoms with Crippen molar-refractivity contribution < 1.29 is 19.3 Å². The molecule has 0 aliphatic heterocycles. The normalized spacial score (nSPS) is 11.8. The Labute approximate surface area is 189 Å². The summed E-state index contributed by atoms with van der Waals surface area (Å²) >= 11 is 0. The van der Waals surface area contributed by atoms with Crippen molar-refractivity contribution in [3.63, 3.8) is 0 Å². The standard InChI is InChI=1S/C21H29N3O4.HI/c1-5-22-21(23-14-18(25)15-7-10-17(26-3)11-8-15)24-16-9-12-19(27-4)20(13-16)28-6-2;/h7-13,18,25H,5-6,14H2,1-4H3,(H2,22,23,24);1H. The van der Waals surface area contributed by atoms with Crippen LogP contribution < -0.4 is 24.8 Å². The van der Waals surface area contributed by atoms with E-state index in [2.05, 4.69) is 15.6 Å². The van der Waals surface area contributed by atoms with Crippen molar-refractivity contribution in [2.45, 2.75) is 20.0 Å². The maximum absolute atomic E-state index is 10.4. The molecular formula is C21H30IN3O4. The molecule has 160 valence electrons. The number of anilines is 1. The van der Waals surface area contributed by atoms with Crippen LogP contribution in [-0.4, -0.2) is 45.0 Å². The van der Waals surface area contributed by atoms with Gasteiger partial charge in [-0.1, -0.05) is 12.1 Å². The third kappa shape index (κ3) is 7.62. The number of nitrogens with one attached hydrogen (secondary N) is 2. The maximum Gasteiger partial charge on any atom is 0.195 e. The van der Waals surface area contributed by atoms with E-state index in [0.29, 0.717) is 30.6 Å². The van der Waals surface area contributed by atoms with Crippen molar-refractivity contribution in [2.24, 2.45) is 4.99 Å². The molecule has 0 saturated heterocycles. The molecule has 0 amide bonds. The molecule has 2 aromatic carbocycles. The molecule has 0 aliphatic carbocycles. The molecule has 0 aliphatic rings. The highest BCUT2D eigenvalue weighted by molar-refractivity contribution is 14.0. The lowest BCUT2D eigenvalue weighted by molar-refractivity contribution is 0.187. The fraction of sp³-hybridized carbons (Fsp3) is 0.381. The third-order valence-electron chi connectivity index (χ3n) is 3.99. The number of aliphatic hydroxyl groups is 1. The topological polar surface area (TPSA) is 84.3 Å². The van der Waals surface area contributed by atoms with E-state index >= 15 is 0 Å². The zero-order valence-corrected chi connectivity index (χ0v) is 19.6. The maximum atomic E-state index is 10.4. The second-order valence-electron chi connectivity index (χ2n) is 5.93. The molecule has 0 heterocycles. The van der Waals surface area contributed by atoms with E-state index in [4.69, 9.17) is 14.2 Å². The number of hydrogen-bond donors (Lipinski definition) is 3. The molecule has 2 aromatic rings. The molecule has 1 unspecified atom stereocenters. The van der Waals surface area contributed by atoms with Crippen LogP contribution in [0.3, 0.4) is 0 Å². The van der Waals surface area contributed by atoms with Crippen molar-refractivity contribution >= 4 is 35.6 Å². The van der Waals surface area contributed by atoms with Crippen LogP contribution in [0.4, 0.5) is 5.69 Å². The molecule has 0 aromatic heterocycles. The highest BCUT2D eigenvalue weighted by atomic mass is 127. The first kappa shape index (κ1) is 24.8. The Morgan fingerprint density at radius 3 is 2.34 bits per heavy atom. The predicted octanol–water partition coefficient (Wildman–Crippen LogP) is 3.83. The van der Waals surface area contributed by atoms with Crippen molar-refractivity contribution in [3.8, 4) is 17.2 Å². The lowest BCUT2D eigenvalue weighted by atomic mass is 10.1. The molecule has 0 bridgehead atoms. The van der Waals surface area contributed by atoms with Crippen molar-refractivity contribution in [2.75, 3.05) is 39.2 Å². The minimum absolute atomic E-state index is 0. The van der Waals surface area contributed by atoms with E-state index in [9.17, 15) is 5.11 Å². The van der Waals surface area contributed by atoms with E-state index in [-0.39, 0.29) is 30.5 Å². The smallest absolute Gasteiger partial charge is 0.195 e. The lowest BCUT2D eigenvalue weighted by Crippen LogP contribution is -2.31. The molecule has 3 N–H and O–H groups in total. The number of halogens is 1. The fourth-order valence-electron chi connectivity index (χ4n) is 2.58. The number of aliphatic hydroxyl groups excluding tert-OH is 1. The van der Waals surface area contributed by atoms with Gasteiger partial charge in [0.1, 0.15) is 5.75 Å². The highest BCUT2D eigenvalue weighted by Crippen LogP contribution is 2.30. The van der Waals surface area contributed by atoms with Gasteiger partial charge in [-0.05, 0) is 43.7 Å². The Hall–Kier alpha value is -2.20. The number of aliphatic imine (C=N–C) groups is 1. The van der Waals surface area contributed by atoms with Crippen molar-refractivity contribution in [1.29, 1.82) is 0 Å². The van der Waals surface area contributed by atoms with Gasteiger partial charge < -0.3 is 30.0 Å². The molecule has 1 atom stereocenters. The number of ether oxygens (including phenoxy) is 3. The fourth-order valence-corrected chi connectivity index (χ4v) is 2.58. The van der Waals surface area contributed by atoms with Crippen LogP contribution in [-0.2, 0) is 0 Å². The summed E-state index contributed by atoms with van der Waals surface area (Å²) in [5.74, 6) is 2.65. The molecule has 7 nitrogen and oxygen atoms in total. The van der Waals surface area contributed by atoms with Crippen LogP contribution in [0.25, 0.3) is 0 Å². The largest absolute Gasteiger partial charge is 0.497 e. The van der Waals surface area contributed by atoms with Crippen LogP contribution in [0, 0.1) is 0 Å².